The predicted molar refractivity (Wildman–Crippen MR) is 81.3 cm³/mol. The Balaban J connectivity index is 3.30. The minimum Gasteiger partial charge on any atom is -0.508 e. The van der Waals surface area contributed by atoms with Crippen molar-refractivity contribution in [1.29, 1.82) is 0 Å². The zero-order valence-corrected chi connectivity index (χ0v) is 13.7. The van der Waals surface area contributed by atoms with E-state index < -0.39 is 16.1 Å². The minimum absolute atomic E-state index is 0.312. The fourth-order valence-electron chi connectivity index (χ4n) is 1.54. The average Bonchev–Trinajstić information content (AvgIpc) is 2.11. The molecule has 0 bridgehead atoms. The molecule has 92 valence electrons. The third-order valence-electron chi connectivity index (χ3n) is 2.38. The minimum atomic E-state index is -1.40. The second-order valence-corrected chi connectivity index (χ2v) is 16.3. The van der Waals surface area contributed by atoms with Crippen LogP contribution in [0, 0.1) is 11.5 Å². The number of hydrogen-bond acceptors (Lipinski definition) is 1. The van der Waals surface area contributed by atoms with Crippen LogP contribution in [-0.2, 0) is 0 Å². The Labute approximate surface area is 107 Å². The van der Waals surface area contributed by atoms with E-state index in [4.69, 9.17) is 0 Å². The molecule has 0 amide bonds. The average molecular weight is 263 g/mol. The van der Waals surface area contributed by atoms with E-state index in [0.717, 1.165) is 5.56 Å². The van der Waals surface area contributed by atoms with Crippen LogP contribution in [0.25, 0.3) is 0 Å². The third-order valence-corrected chi connectivity index (χ3v) is 5.31. The van der Waals surface area contributed by atoms with Crippen molar-refractivity contribution in [3.05, 3.63) is 23.8 Å². The smallest absolute Gasteiger partial charge is 0.129 e. The normalized spacial score (nSPS) is 11.9. The topological polar surface area (TPSA) is 20.2 Å². The summed E-state index contributed by atoms with van der Waals surface area (Å²) in [6.45, 7) is 13.6. The summed E-state index contributed by atoms with van der Waals surface area (Å²) in [6.07, 6.45) is 0. The first-order chi connectivity index (χ1) is 7.59. The SMILES string of the molecule is C[Si](C)(C)C#Cc1cc(O)ccc1[Si](C)(C)C. The summed E-state index contributed by atoms with van der Waals surface area (Å²) in [4.78, 5) is 0. The molecule has 0 fully saturated rings. The molecular formula is C14H22OSi2. The molecule has 1 nitrogen and oxygen atoms in total. The van der Waals surface area contributed by atoms with Gasteiger partial charge in [-0.2, -0.15) is 0 Å². The van der Waals surface area contributed by atoms with Crippen LogP contribution >= 0.6 is 0 Å². The highest BCUT2D eigenvalue weighted by Gasteiger charge is 2.20. The van der Waals surface area contributed by atoms with Crippen molar-refractivity contribution in [2.45, 2.75) is 39.3 Å². The molecule has 0 spiro atoms. The van der Waals surface area contributed by atoms with E-state index in [9.17, 15) is 5.11 Å². The van der Waals surface area contributed by atoms with Gasteiger partial charge in [-0.05, 0) is 17.3 Å². The molecule has 0 unspecified atom stereocenters. The standard InChI is InChI=1S/C14H22OSi2/c1-16(2,3)10-9-12-11-13(15)7-8-14(12)17(4,5)6/h7-8,11,15H,1-6H3. The molecule has 17 heavy (non-hydrogen) atoms. The van der Waals surface area contributed by atoms with E-state index in [0.29, 0.717) is 5.75 Å². The molecule has 0 atom stereocenters. The summed E-state index contributed by atoms with van der Waals surface area (Å²) in [6, 6.07) is 5.61. The number of hydrogen-bond donors (Lipinski definition) is 1. The molecule has 0 radical (unpaired) electrons. The molecule has 0 saturated carbocycles. The maximum Gasteiger partial charge on any atom is 0.129 e. The molecule has 0 heterocycles. The highest BCUT2D eigenvalue weighted by molar-refractivity contribution is 6.89. The summed E-state index contributed by atoms with van der Waals surface area (Å²) >= 11 is 0. The first-order valence-corrected chi connectivity index (χ1v) is 13.0. The first-order valence-electron chi connectivity index (χ1n) is 5.96. The van der Waals surface area contributed by atoms with Gasteiger partial charge in [0.25, 0.3) is 0 Å². The molecule has 0 aliphatic carbocycles. The Bertz CT molecular complexity index is 468. The van der Waals surface area contributed by atoms with Gasteiger partial charge in [0.05, 0.1) is 8.07 Å². The zero-order valence-electron chi connectivity index (χ0n) is 11.7. The summed E-state index contributed by atoms with van der Waals surface area (Å²) in [5, 5.41) is 10.9. The molecular weight excluding hydrogens is 240 g/mol. The third kappa shape index (κ3) is 4.41. The summed E-state index contributed by atoms with van der Waals surface area (Å²) < 4.78 is 0. The van der Waals surface area contributed by atoms with Gasteiger partial charge in [0.15, 0.2) is 0 Å². The van der Waals surface area contributed by atoms with Crippen LogP contribution < -0.4 is 5.19 Å². The highest BCUT2D eigenvalue weighted by Crippen LogP contribution is 2.13. The Kier molecular flexibility index (Phi) is 3.90. The van der Waals surface area contributed by atoms with Crippen molar-refractivity contribution >= 4 is 21.3 Å². The first kappa shape index (κ1) is 14.1. The zero-order chi connectivity index (χ0) is 13.3. The summed E-state index contributed by atoms with van der Waals surface area (Å²) in [7, 11) is -2.76. The van der Waals surface area contributed by atoms with Gasteiger partial charge in [0.2, 0.25) is 0 Å². The van der Waals surface area contributed by atoms with Crippen LogP contribution in [0.1, 0.15) is 5.56 Å². The Morgan fingerprint density at radius 2 is 1.59 bits per heavy atom. The van der Waals surface area contributed by atoms with Crippen molar-refractivity contribution in [3.63, 3.8) is 0 Å². The van der Waals surface area contributed by atoms with Crippen molar-refractivity contribution in [1.82, 2.24) is 0 Å². The van der Waals surface area contributed by atoms with E-state index >= 15 is 0 Å². The molecule has 0 saturated heterocycles. The van der Waals surface area contributed by atoms with Gasteiger partial charge >= 0.3 is 0 Å². The van der Waals surface area contributed by atoms with Gasteiger partial charge in [0, 0.05) is 5.56 Å². The molecule has 0 aliphatic rings. The van der Waals surface area contributed by atoms with Crippen molar-refractivity contribution < 1.29 is 5.11 Å². The fourth-order valence-corrected chi connectivity index (χ4v) is 3.58. The van der Waals surface area contributed by atoms with E-state index in [2.05, 4.69) is 50.7 Å². The maximum absolute atomic E-state index is 9.59. The van der Waals surface area contributed by atoms with E-state index in [1.807, 2.05) is 6.07 Å². The predicted octanol–water partition coefficient (Wildman–Crippen LogP) is 3.17. The van der Waals surface area contributed by atoms with Gasteiger partial charge in [-0.1, -0.05) is 51.3 Å². The van der Waals surface area contributed by atoms with E-state index in [-0.39, 0.29) is 0 Å². The number of phenolic OH excluding ortho intramolecular Hbond substituents is 1. The quantitative estimate of drug-likeness (QED) is 0.609. The van der Waals surface area contributed by atoms with E-state index in [1.165, 1.54) is 5.19 Å². The van der Waals surface area contributed by atoms with Gasteiger partial charge < -0.3 is 5.11 Å². The molecule has 1 rings (SSSR count). The van der Waals surface area contributed by atoms with E-state index in [1.54, 1.807) is 12.1 Å². The molecule has 1 aromatic rings. The van der Waals surface area contributed by atoms with Crippen LogP contribution in [0.15, 0.2) is 18.2 Å². The lowest BCUT2D eigenvalue weighted by atomic mass is 10.2. The highest BCUT2D eigenvalue weighted by atomic mass is 28.3. The second kappa shape index (κ2) is 4.71. The summed E-state index contributed by atoms with van der Waals surface area (Å²) in [5.41, 5.74) is 4.40. The number of benzene rings is 1. The monoisotopic (exact) mass is 262 g/mol. The fraction of sp³-hybridized carbons (Fsp3) is 0.429. The summed E-state index contributed by atoms with van der Waals surface area (Å²) in [5.74, 6) is 3.60. The van der Waals surface area contributed by atoms with Crippen LogP contribution in [0.2, 0.25) is 39.3 Å². The lowest BCUT2D eigenvalue weighted by Gasteiger charge is -2.19. The lowest BCUT2D eigenvalue weighted by molar-refractivity contribution is 0.475. The molecule has 1 aromatic carbocycles. The van der Waals surface area contributed by atoms with Crippen LogP contribution in [0.3, 0.4) is 0 Å². The van der Waals surface area contributed by atoms with Crippen molar-refractivity contribution in [2.24, 2.45) is 0 Å². The maximum atomic E-state index is 9.59. The van der Waals surface area contributed by atoms with Gasteiger partial charge in [-0.3, -0.25) is 0 Å². The van der Waals surface area contributed by atoms with Crippen molar-refractivity contribution in [2.75, 3.05) is 0 Å². The number of rotatable bonds is 1. The Morgan fingerprint density at radius 1 is 1.00 bits per heavy atom. The number of phenols is 1. The van der Waals surface area contributed by atoms with Gasteiger partial charge in [-0.15, -0.1) is 5.54 Å². The number of aromatic hydroxyl groups is 1. The van der Waals surface area contributed by atoms with Gasteiger partial charge in [-0.25, -0.2) is 0 Å². The van der Waals surface area contributed by atoms with Crippen molar-refractivity contribution in [3.8, 4) is 17.2 Å². The second-order valence-electron chi connectivity index (χ2n) is 6.48. The Morgan fingerprint density at radius 3 is 2.06 bits per heavy atom. The van der Waals surface area contributed by atoms with Crippen LogP contribution in [-0.4, -0.2) is 21.3 Å². The van der Waals surface area contributed by atoms with Crippen LogP contribution in [0.5, 0.6) is 5.75 Å². The van der Waals surface area contributed by atoms with Crippen LogP contribution in [0.4, 0.5) is 0 Å². The lowest BCUT2D eigenvalue weighted by Crippen LogP contribution is -2.39. The Hall–Kier alpha value is -0.986. The largest absolute Gasteiger partial charge is 0.508 e. The molecule has 3 heteroatoms. The van der Waals surface area contributed by atoms with Gasteiger partial charge in [0.1, 0.15) is 13.8 Å². The molecule has 0 aliphatic heterocycles. The molecule has 1 N–H and O–H groups in total. The molecule has 0 aromatic heterocycles.